The summed E-state index contributed by atoms with van der Waals surface area (Å²) in [7, 11) is 0. The number of nitrogens with one attached hydrogen (secondary N) is 1. The second-order valence-electron chi connectivity index (χ2n) is 7.91. The van der Waals surface area contributed by atoms with E-state index < -0.39 is 39.9 Å². The van der Waals surface area contributed by atoms with Crippen molar-refractivity contribution in [1.29, 1.82) is 0 Å². The maximum absolute atomic E-state index is 12.3. The number of carbonyl (C=O) groups excluding carboxylic acids is 3. The fourth-order valence-electron chi connectivity index (χ4n) is 3.36. The van der Waals surface area contributed by atoms with E-state index in [4.69, 9.17) is 32.7 Å². The number of nitro groups is 2. The van der Waals surface area contributed by atoms with Gasteiger partial charge in [0.05, 0.1) is 9.85 Å². The smallest absolute Gasteiger partial charge is 0.363 e. The van der Waals surface area contributed by atoms with E-state index >= 15 is 0 Å². The minimum Gasteiger partial charge on any atom is -0.425 e. The molecule has 1 N–H and O–H groups in total. The fourth-order valence-corrected chi connectivity index (χ4v) is 3.73. The summed E-state index contributed by atoms with van der Waals surface area (Å²) in [5.41, 5.74) is -0.447. The number of halogens is 2. The van der Waals surface area contributed by atoms with Crippen molar-refractivity contribution in [2.75, 3.05) is 6.54 Å². The first-order valence-corrected chi connectivity index (χ1v) is 11.8. The number of aliphatic imine (C=N–C) groups is 1. The van der Waals surface area contributed by atoms with Gasteiger partial charge in [-0.3, -0.25) is 25.0 Å². The highest BCUT2D eigenvalue weighted by Crippen LogP contribution is 2.28. The Hall–Kier alpha value is -5.14. The second kappa shape index (κ2) is 11.7. The van der Waals surface area contributed by atoms with Gasteiger partial charge in [0, 0.05) is 23.3 Å². The Bertz CT molecular complexity index is 1650. The van der Waals surface area contributed by atoms with Crippen LogP contribution in [0.3, 0.4) is 0 Å². The van der Waals surface area contributed by atoms with E-state index in [9.17, 15) is 34.6 Å². The van der Waals surface area contributed by atoms with Gasteiger partial charge in [-0.2, -0.15) is 0 Å². The lowest BCUT2D eigenvalue weighted by atomic mass is 10.2. The predicted octanol–water partition coefficient (Wildman–Crippen LogP) is 4.49. The van der Waals surface area contributed by atoms with Crippen molar-refractivity contribution in [3.8, 4) is 5.75 Å². The van der Waals surface area contributed by atoms with Crippen LogP contribution in [0, 0.1) is 20.2 Å². The van der Waals surface area contributed by atoms with Crippen LogP contribution in [0.25, 0.3) is 6.08 Å². The average molecular weight is 585 g/mol. The molecule has 40 heavy (non-hydrogen) atoms. The summed E-state index contributed by atoms with van der Waals surface area (Å²) in [4.78, 5) is 61.6. The molecule has 15 heteroatoms. The fraction of sp³-hybridized carbons (Fsp3) is 0.0400. The Kier molecular flexibility index (Phi) is 8.17. The van der Waals surface area contributed by atoms with Gasteiger partial charge < -0.3 is 14.8 Å². The maximum Gasteiger partial charge on any atom is 0.363 e. The summed E-state index contributed by atoms with van der Waals surface area (Å²) in [5.74, 6) is -2.47. The number of esters is 2. The van der Waals surface area contributed by atoms with Gasteiger partial charge in [-0.05, 0) is 48.0 Å². The molecule has 0 saturated carbocycles. The van der Waals surface area contributed by atoms with Gasteiger partial charge in [-0.25, -0.2) is 14.6 Å². The van der Waals surface area contributed by atoms with E-state index in [1.54, 1.807) is 6.07 Å². The highest BCUT2D eigenvalue weighted by atomic mass is 35.5. The highest BCUT2D eigenvalue weighted by molar-refractivity contribution is 6.33. The van der Waals surface area contributed by atoms with Crippen molar-refractivity contribution < 1.29 is 33.7 Å². The van der Waals surface area contributed by atoms with Crippen molar-refractivity contribution >= 4 is 64.4 Å². The number of rotatable bonds is 8. The Balaban J connectivity index is 1.42. The number of nitro benzene ring substituents is 2. The van der Waals surface area contributed by atoms with E-state index in [1.807, 2.05) is 0 Å². The van der Waals surface area contributed by atoms with Gasteiger partial charge in [-0.15, -0.1) is 0 Å². The number of hydrogen-bond acceptors (Lipinski definition) is 10. The van der Waals surface area contributed by atoms with Crippen molar-refractivity contribution in [2.24, 2.45) is 4.99 Å². The van der Waals surface area contributed by atoms with Crippen LogP contribution in [-0.2, 0) is 14.3 Å². The first kappa shape index (κ1) is 27.9. The van der Waals surface area contributed by atoms with Gasteiger partial charge in [0.15, 0.2) is 5.70 Å². The van der Waals surface area contributed by atoms with E-state index in [0.717, 1.165) is 12.1 Å². The molecule has 0 aliphatic carbocycles. The molecule has 1 aliphatic heterocycles. The number of nitrogens with zero attached hydrogens (tertiary/aromatic N) is 3. The SMILES string of the molecule is O=C(CNC(=O)c1ccc(Cl)c([N+](=O)[O-])c1)Oc1cccc(C=C2N=C(c3ccc(Cl)c([N+](=O)[O-])c3)OC2=O)c1. The van der Waals surface area contributed by atoms with Gasteiger partial charge in [0.2, 0.25) is 5.90 Å². The Labute approximate surface area is 233 Å². The standard InChI is InChI=1S/C25H14Cl2N4O9/c26-17-6-4-14(10-20(17)30(35)36)23(33)28-12-22(32)39-16-3-1-2-13(8-16)9-19-25(34)40-24(29-19)15-5-7-18(27)21(11-15)31(37)38/h1-11H,12H2,(H,28,33). The zero-order valence-corrected chi connectivity index (χ0v) is 21.3. The number of amides is 1. The summed E-state index contributed by atoms with van der Waals surface area (Å²) in [6.07, 6.45) is 1.35. The molecule has 0 radical (unpaired) electrons. The molecule has 0 saturated heterocycles. The summed E-state index contributed by atoms with van der Waals surface area (Å²) in [6, 6.07) is 13.3. The summed E-state index contributed by atoms with van der Waals surface area (Å²) >= 11 is 11.5. The molecule has 4 rings (SSSR count). The molecule has 1 heterocycles. The zero-order chi connectivity index (χ0) is 29.0. The summed E-state index contributed by atoms with van der Waals surface area (Å²) < 4.78 is 10.3. The minimum absolute atomic E-state index is 0.0749. The predicted molar refractivity (Wildman–Crippen MR) is 141 cm³/mol. The van der Waals surface area contributed by atoms with Crippen molar-refractivity contribution in [3.63, 3.8) is 0 Å². The van der Waals surface area contributed by atoms with Crippen LogP contribution in [0.15, 0.2) is 71.4 Å². The first-order chi connectivity index (χ1) is 19.0. The molecule has 0 atom stereocenters. The van der Waals surface area contributed by atoms with Crippen LogP contribution in [0.1, 0.15) is 21.5 Å². The first-order valence-electron chi connectivity index (χ1n) is 11.0. The normalized spacial score (nSPS) is 13.4. The van der Waals surface area contributed by atoms with Gasteiger partial charge in [0.25, 0.3) is 17.3 Å². The minimum atomic E-state index is -0.841. The second-order valence-corrected chi connectivity index (χ2v) is 8.73. The number of benzene rings is 3. The maximum atomic E-state index is 12.3. The topological polar surface area (TPSA) is 180 Å². The van der Waals surface area contributed by atoms with E-state index in [2.05, 4.69) is 10.3 Å². The average Bonchev–Trinajstić information content (AvgIpc) is 3.27. The molecule has 0 bridgehead atoms. The van der Waals surface area contributed by atoms with Crippen LogP contribution in [0.2, 0.25) is 10.0 Å². The van der Waals surface area contributed by atoms with E-state index in [0.29, 0.717) is 5.56 Å². The van der Waals surface area contributed by atoms with Gasteiger partial charge in [0.1, 0.15) is 22.3 Å². The van der Waals surface area contributed by atoms with Crippen molar-refractivity contribution in [1.82, 2.24) is 5.32 Å². The molecule has 1 amide bonds. The molecule has 202 valence electrons. The zero-order valence-electron chi connectivity index (χ0n) is 19.8. The van der Waals surface area contributed by atoms with Crippen LogP contribution >= 0.6 is 23.2 Å². The van der Waals surface area contributed by atoms with Gasteiger partial charge in [-0.1, -0.05) is 35.3 Å². The van der Waals surface area contributed by atoms with Crippen molar-refractivity contribution in [2.45, 2.75) is 0 Å². The number of cyclic esters (lactones) is 1. The quantitative estimate of drug-likeness (QED) is 0.131. The van der Waals surface area contributed by atoms with Gasteiger partial charge >= 0.3 is 11.9 Å². The third-order valence-electron chi connectivity index (χ3n) is 5.20. The molecule has 0 aromatic heterocycles. The summed E-state index contributed by atoms with van der Waals surface area (Å²) in [6.45, 7) is -0.548. The highest BCUT2D eigenvalue weighted by Gasteiger charge is 2.26. The number of ether oxygens (including phenoxy) is 2. The van der Waals surface area contributed by atoms with E-state index in [1.165, 1.54) is 48.5 Å². The molecular formula is C25H14Cl2N4O9. The van der Waals surface area contributed by atoms with Crippen LogP contribution in [0.4, 0.5) is 11.4 Å². The Morgan fingerprint density at radius 1 is 0.975 bits per heavy atom. The number of carbonyl (C=O) groups is 3. The number of hydrogen-bond donors (Lipinski definition) is 1. The molecule has 0 spiro atoms. The third kappa shape index (κ3) is 6.46. The van der Waals surface area contributed by atoms with Crippen LogP contribution < -0.4 is 10.1 Å². The lowest BCUT2D eigenvalue weighted by molar-refractivity contribution is -0.384. The molecule has 13 nitrogen and oxygen atoms in total. The molecule has 0 fully saturated rings. The molecule has 0 unspecified atom stereocenters. The molecule has 1 aliphatic rings. The third-order valence-corrected chi connectivity index (χ3v) is 5.84. The lowest BCUT2D eigenvalue weighted by Crippen LogP contribution is -2.31. The largest absolute Gasteiger partial charge is 0.425 e. The Morgan fingerprint density at radius 2 is 1.65 bits per heavy atom. The van der Waals surface area contributed by atoms with Crippen LogP contribution in [0.5, 0.6) is 5.75 Å². The monoisotopic (exact) mass is 584 g/mol. The summed E-state index contributed by atoms with van der Waals surface area (Å²) in [5, 5.41) is 24.2. The molecule has 3 aromatic carbocycles. The lowest BCUT2D eigenvalue weighted by Gasteiger charge is -2.07. The van der Waals surface area contributed by atoms with Crippen LogP contribution in [-0.4, -0.2) is 40.1 Å². The van der Waals surface area contributed by atoms with Crippen molar-refractivity contribution in [3.05, 3.63) is 113 Å². The molecular weight excluding hydrogens is 571 g/mol. The van der Waals surface area contributed by atoms with E-state index in [-0.39, 0.29) is 44.2 Å². The molecule has 3 aromatic rings. The Morgan fingerprint density at radius 3 is 2.35 bits per heavy atom.